The molecule has 6 heteroatoms. The summed E-state index contributed by atoms with van der Waals surface area (Å²) in [6, 6.07) is 0. The molecule has 50 heavy (non-hydrogen) atoms. The van der Waals surface area contributed by atoms with E-state index in [0.717, 1.165) is 19.4 Å². The predicted octanol–water partition coefficient (Wildman–Crippen LogP) is 12.8. The molecule has 0 heterocycles. The number of allylic oxidation sites excluding steroid dienone is 4. The molecule has 0 radical (unpaired) electrons. The lowest BCUT2D eigenvalue weighted by atomic mass is 10.1. The standard InChI is InChI=1S/C44H86N2O4/c1-5-7-9-11-13-15-17-19-21-23-25-27-29-31-33-35-38-48-42-43(41-45-44(47)50-40-37-46(3)4)49-39-36-34-32-30-28-26-24-22-20-18-16-14-12-10-8-6-2/h19-22,43H,5-18,23-42H2,1-4H3,(H,45,47)/b21-19-,22-20-. The number of nitrogens with one attached hydrogen (secondary N) is 1. The summed E-state index contributed by atoms with van der Waals surface area (Å²) in [5.41, 5.74) is 0. The maximum Gasteiger partial charge on any atom is 0.407 e. The van der Waals surface area contributed by atoms with Gasteiger partial charge in [-0.3, -0.25) is 0 Å². The van der Waals surface area contributed by atoms with Crippen molar-refractivity contribution in [3.05, 3.63) is 24.3 Å². The van der Waals surface area contributed by atoms with E-state index in [1.807, 2.05) is 19.0 Å². The third kappa shape index (κ3) is 41.1. The molecule has 0 aliphatic heterocycles. The number of nitrogens with zero attached hydrogens (tertiary/aromatic N) is 1. The normalized spacial score (nSPS) is 12.5. The van der Waals surface area contributed by atoms with Gasteiger partial charge in [0.05, 0.1) is 12.7 Å². The van der Waals surface area contributed by atoms with Crippen LogP contribution in [0.1, 0.15) is 194 Å². The molecule has 0 saturated carbocycles. The van der Waals surface area contributed by atoms with E-state index < -0.39 is 0 Å². The Kier molecular flexibility index (Phi) is 40.9. The van der Waals surface area contributed by atoms with Crippen LogP contribution in [-0.4, -0.2) is 70.7 Å². The molecule has 296 valence electrons. The van der Waals surface area contributed by atoms with Crippen LogP contribution in [0.15, 0.2) is 24.3 Å². The van der Waals surface area contributed by atoms with Crippen molar-refractivity contribution in [2.24, 2.45) is 0 Å². The van der Waals surface area contributed by atoms with Gasteiger partial charge in [-0.2, -0.15) is 0 Å². The van der Waals surface area contributed by atoms with Crippen LogP contribution in [0.4, 0.5) is 4.79 Å². The number of rotatable bonds is 40. The van der Waals surface area contributed by atoms with Crippen molar-refractivity contribution in [3.63, 3.8) is 0 Å². The number of alkyl carbamates (subject to hydrolysis) is 1. The fourth-order valence-corrected chi connectivity index (χ4v) is 6.00. The molecule has 1 unspecified atom stereocenters. The topological polar surface area (TPSA) is 60.0 Å². The van der Waals surface area contributed by atoms with Gasteiger partial charge in [0, 0.05) is 26.3 Å². The molecule has 0 bridgehead atoms. The maximum atomic E-state index is 12.1. The van der Waals surface area contributed by atoms with Gasteiger partial charge >= 0.3 is 6.09 Å². The van der Waals surface area contributed by atoms with Gasteiger partial charge < -0.3 is 24.4 Å². The van der Waals surface area contributed by atoms with Crippen molar-refractivity contribution >= 4 is 6.09 Å². The van der Waals surface area contributed by atoms with E-state index in [4.69, 9.17) is 14.2 Å². The zero-order valence-electron chi connectivity index (χ0n) is 34.0. The molecule has 0 spiro atoms. The maximum absolute atomic E-state index is 12.1. The van der Waals surface area contributed by atoms with Gasteiger partial charge in [0.25, 0.3) is 0 Å². The molecular weight excluding hydrogens is 620 g/mol. The van der Waals surface area contributed by atoms with Crippen molar-refractivity contribution in [3.8, 4) is 0 Å². The number of hydrogen-bond acceptors (Lipinski definition) is 5. The number of unbranched alkanes of at least 4 members (excludes halogenated alkanes) is 24. The summed E-state index contributed by atoms with van der Waals surface area (Å²) in [6.07, 6.45) is 45.5. The summed E-state index contributed by atoms with van der Waals surface area (Å²) in [5.74, 6) is 0. The first-order chi connectivity index (χ1) is 24.6. The number of carbonyl (C=O) groups is 1. The monoisotopic (exact) mass is 707 g/mol. The number of ether oxygens (including phenoxy) is 3. The number of hydrogen-bond donors (Lipinski definition) is 1. The highest BCUT2D eigenvalue weighted by atomic mass is 16.6. The molecule has 0 rings (SSSR count). The van der Waals surface area contributed by atoms with E-state index in [1.165, 1.54) is 167 Å². The zero-order valence-corrected chi connectivity index (χ0v) is 34.0. The van der Waals surface area contributed by atoms with E-state index >= 15 is 0 Å². The fraction of sp³-hybridized carbons (Fsp3) is 0.886. The fourth-order valence-electron chi connectivity index (χ4n) is 6.00. The molecule has 0 aromatic rings. The first-order valence-corrected chi connectivity index (χ1v) is 21.6. The first-order valence-electron chi connectivity index (χ1n) is 21.6. The summed E-state index contributed by atoms with van der Waals surface area (Å²) in [7, 11) is 3.94. The van der Waals surface area contributed by atoms with Crippen LogP contribution in [0.5, 0.6) is 0 Å². The van der Waals surface area contributed by atoms with Crippen molar-refractivity contribution in [1.82, 2.24) is 10.2 Å². The van der Waals surface area contributed by atoms with Gasteiger partial charge in [0.2, 0.25) is 0 Å². The van der Waals surface area contributed by atoms with Crippen molar-refractivity contribution in [1.29, 1.82) is 0 Å². The van der Waals surface area contributed by atoms with Gasteiger partial charge in [-0.05, 0) is 78.3 Å². The second-order valence-electron chi connectivity index (χ2n) is 14.8. The van der Waals surface area contributed by atoms with Gasteiger partial charge in [-0.1, -0.05) is 154 Å². The lowest BCUT2D eigenvalue weighted by molar-refractivity contribution is -0.0175. The van der Waals surface area contributed by atoms with Gasteiger partial charge in [-0.25, -0.2) is 4.79 Å². The zero-order chi connectivity index (χ0) is 36.4. The quantitative estimate of drug-likeness (QED) is 0.0508. The minimum absolute atomic E-state index is 0.145. The van der Waals surface area contributed by atoms with Crippen LogP contribution in [0, 0.1) is 0 Å². The van der Waals surface area contributed by atoms with Crippen molar-refractivity contribution in [2.45, 2.75) is 200 Å². The van der Waals surface area contributed by atoms with E-state index in [9.17, 15) is 4.79 Å². The predicted molar refractivity (Wildman–Crippen MR) is 217 cm³/mol. The smallest absolute Gasteiger partial charge is 0.407 e. The Labute approximate surface area is 312 Å². The molecule has 0 aromatic carbocycles. The highest BCUT2D eigenvalue weighted by Gasteiger charge is 2.12. The Balaban J connectivity index is 3.94. The van der Waals surface area contributed by atoms with E-state index in [0.29, 0.717) is 32.9 Å². The Morgan fingerprint density at radius 3 is 1.38 bits per heavy atom. The Morgan fingerprint density at radius 2 is 0.940 bits per heavy atom. The lowest BCUT2D eigenvalue weighted by Gasteiger charge is -2.19. The molecule has 0 fully saturated rings. The van der Waals surface area contributed by atoms with Crippen LogP contribution in [-0.2, 0) is 14.2 Å². The molecule has 6 nitrogen and oxygen atoms in total. The molecule has 0 aliphatic rings. The van der Waals surface area contributed by atoms with Crippen molar-refractivity contribution < 1.29 is 19.0 Å². The van der Waals surface area contributed by atoms with E-state index in [1.54, 1.807) is 0 Å². The number of likely N-dealkylation sites (N-methyl/N-ethyl adjacent to an activating group) is 1. The Morgan fingerprint density at radius 1 is 0.540 bits per heavy atom. The molecule has 1 atom stereocenters. The highest BCUT2D eigenvalue weighted by Crippen LogP contribution is 2.12. The van der Waals surface area contributed by atoms with Gasteiger partial charge in [-0.15, -0.1) is 0 Å². The summed E-state index contributed by atoms with van der Waals surface area (Å²) in [5, 5.41) is 2.88. The van der Waals surface area contributed by atoms with E-state index in [-0.39, 0.29) is 12.2 Å². The number of amides is 1. The van der Waals surface area contributed by atoms with Gasteiger partial charge in [0.15, 0.2) is 0 Å². The second-order valence-corrected chi connectivity index (χ2v) is 14.8. The van der Waals surface area contributed by atoms with Crippen LogP contribution in [0.2, 0.25) is 0 Å². The van der Waals surface area contributed by atoms with Crippen LogP contribution in [0.3, 0.4) is 0 Å². The largest absolute Gasteiger partial charge is 0.448 e. The molecule has 0 aliphatic carbocycles. The Hall–Kier alpha value is -1.37. The van der Waals surface area contributed by atoms with Gasteiger partial charge in [0.1, 0.15) is 6.61 Å². The minimum Gasteiger partial charge on any atom is -0.448 e. The summed E-state index contributed by atoms with van der Waals surface area (Å²) < 4.78 is 17.5. The second kappa shape index (κ2) is 42.0. The molecule has 1 amide bonds. The molecule has 0 aromatic heterocycles. The number of carbonyl (C=O) groups excluding carboxylic acids is 1. The minimum atomic E-state index is -0.383. The van der Waals surface area contributed by atoms with Crippen LogP contribution in [0.25, 0.3) is 0 Å². The first kappa shape index (κ1) is 48.6. The lowest BCUT2D eigenvalue weighted by Crippen LogP contribution is -2.37. The summed E-state index contributed by atoms with van der Waals surface area (Å²) in [6.45, 7) is 8.04. The molecular formula is C44H86N2O4. The third-order valence-corrected chi connectivity index (χ3v) is 9.36. The van der Waals surface area contributed by atoms with E-state index in [2.05, 4.69) is 43.5 Å². The Bertz CT molecular complexity index is 727. The summed E-state index contributed by atoms with van der Waals surface area (Å²) in [4.78, 5) is 14.1. The molecule has 0 saturated heterocycles. The van der Waals surface area contributed by atoms with Crippen LogP contribution >= 0.6 is 0 Å². The van der Waals surface area contributed by atoms with Crippen molar-refractivity contribution in [2.75, 3.05) is 53.6 Å². The average molecular weight is 707 g/mol. The average Bonchev–Trinajstić information content (AvgIpc) is 3.10. The SMILES string of the molecule is CCCCCCCC/C=C\CCCCCCCCOCC(CNC(=O)OCCN(C)C)OCCCCCCCC/C=C\CCCCCCCC. The molecule has 1 N–H and O–H groups in total. The summed E-state index contributed by atoms with van der Waals surface area (Å²) >= 11 is 0. The highest BCUT2D eigenvalue weighted by molar-refractivity contribution is 5.67. The van der Waals surface area contributed by atoms with Crippen LogP contribution < -0.4 is 5.32 Å². The third-order valence-electron chi connectivity index (χ3n) is 9.36.